The summed E-state index contributed by atoms with van der Waals surface area (Å²) in [5.41, 5.74) is 3.62. The van der Waals surface area contributed by atoms with Crippen LogP contribution in [-0.4, -0.2) is 17.1 Å². The standard InChI is InChI=1S/C17H17NO2/c19-17(20)11-15-10-14-8-4-5-9-16(14)18(15)12-13-6-2-1-3-7-13/h1-9,15H,10-12H2,(H,19,20). The second-order valence-corrected chi connectivity index (χ2v) is 5.20. The number of aliphatic carboxylic acids is 1. The number of carboxylic acid groups (broad SMARTS) is 1. The van der Waals surface area contributed by atoms with Crippen molar-refractivity contribution in [2.24, 2.45) is 0 Å². The summed E-state index contributed by atoms with van der Waals surface area (Å²) in [6.07, 6.45) is 0.997. The number of benzene rings is 2. The monoisotopic (exact) mass is 267 g/mol. The lowest BCUT2D eigenvalue weighted by molar-refractivity contribution is -0.137. The minimum absolute atomic E-state index is 0.0464. The van der Waals surface area contributed by atoms with Crippen molar-refractivity contribution < 1.29 is 9.90 Å². The zero-order chi connectivity index (χ0) is 13.9. The number of carboxylic acids is 1. The maximum absolute atomic E-state index is 11.1. The van der Waals surface area contributed by atoms with Crippen molar-refractivity contribution in [1.82, 2.24) is 0 Å². The third-order valence-electron chi connectivity index (χ3n) is 3.80. The smallest absolute Gasteiger partial charge is 0.305 e. The molecule has 0 saturated carbocycles. The molecule has 0 bridgehead atoms. The van der Waals surface area contributed by atoms with E-state index in [-0.39, 0.29) is 12.5 Å². The molecule has 1 unspecified atom stereocenters. The van der Waals surface area contributed by atoms with Crippen molar-refractivity contribution in [1.29, 1.82) is 0 Å². The number of hydrogen-bond donors (Lipinski definition) is 1. The SMILES string of the molecule is O=C(O)CC1Cc2ccccc2N1Cc1ccccc1. The molecule has 2 aromatic rings. The molecule has 0 fully saturated rings. The number of rotatable bonds is 4. The van der Waals surface area contributed by atoms with Gasteiger partial charge in [-0.25, -0.2) is 0 Å². The fourth-order valence-electron chi connectivity index (χ4n) is 2.90. The van der Waals surface area contributed by atoms with Gasteiger partial charge in [-0.2, -0.15) is 0 Å². The molecule has 3 nitrogen and oxygen atoms in total. The summed E-state index contributed by atoms with van der Waals surface area (Å²) in [6.45, 7) is 0.760. The van der Waals surface area contributed by atoms with Gasteiger partial charge in [-0.15, -0.1) is 0 Å². The molecule has 0 saturated heterocycles. The van der Waals surface area contributed by atoms with Crippen molar-refractivity contribution in [2.45, 2.75) is 25.4 Å². The van der Waals surface area contributed by atoms with Gasteiger partial charge in [0.25, 0.3) is 0 Å². The molecule has 1 heterocycles. The zero-order valence-electron chi connectivity index (χ0n) is 11.2. The Bertz CT molecular complexity index is 609. The fraction of sp³-hybridized carbons (Fsp3) is 0.235. The van der Waals surface area contributed by atoms with Gasteiger partial charge in [0.05, 0.1) is 6.42 Å². The highest BCUT2D eigenvalue weighted by Gasteiger charge is 2.30. The van der Waals surface area contributed by atoms with Crippen LogP contribution in [0.4, 0.5) is 5.69 Å². The number of nitrogens with zero attached hydrogens (tertiary/aromatic N) is 1. The van der Waals surface area contributed by atoms with Crippen molar-refractivity contribution in [3.05, 3.63) is 65.7 Å². The normalized spacial score (nSPS) is 17.0. The highest BCUT2D eigenvalue weighted by atomic mass is 16.4. The van der Waals surface area contributed by atoms with Gasteiger partial charge in [0, 0.05) is 18.3 Å². The maximum atomic E-state index is 11.1. The summed E-state index contributed by atoms with van der Waals surface area (Å²) >= 11 is 0. The highest BCUT2D eigenvalue weighted by molar-refractivity contribution is 5.70. The van der Waals surface area contributed by atoms with Crippen LogP contribution in [0.25, 0.3) is 0 Å². The van der Waals surface area contributed by atoms with Crippen LogP contribution in [0.3, 0.4) is 0 Å². The van der Waals surface area contributed by atoms with Crippen LogP contribution in [-0.2, 0) is 17.8 Å². The van der Waals surface area contributed by atoms with Gasteiger partial charge >= 0.3 is 5.97 Å². The van der Waals surface area contributed by atoms with Gasteiger partial charge in [-0.05, 0) is 23.6 Å². The number of anilines is 1. The van der Waals surface area contributed by atoms with Crippen LogP contribution in [0.15, 0.2) is 54.6 Å². The second kappa shape index (κ2) is 5.37. The molecule has 102 valence electrons. The van der Waals surface area contributed by atoms with Crippen LogP contribution in [0.1, 0.15) is 17.5 Å². The third-order valence-corrected chi connectivity index (χ3v) is 3.80. The molecule has 0 spiro atoms. The Morgan fingerprint density at radius 1 is 1.10 bits per heavy atom. The van der Waals surface area contributed by atoms with E-state index in [1.807, 2.05) is 30.3 Å². The molecule has 2 aromatic carbocycles. The van der Waals surface area contributed by atoms with Gasteiger partial charge < -0.3 is 10.0 Å². The van der Waals surface area contributed by atoms with Crippen molar-refractivity contribution in [3.63, 3.8) is 0 Å². The van der Waals surface area contributed by atoms with Crippen LogP contribution < -0.4 is 4.90 Å². The summed E-state index contributed by atoms with van der Waals surface area (Å²) in [6, 6.07) is 18.4. The van der Waals surface area contributed by atoms with Crippen molar-refractivity contribution in [2.75, 3.05) is 4.90 Å². The zero-order valence-corrected chi connectivity index (χ0v) is 11.2. The van der Waals surface area contributed by atoms with E-state index in [0.717, 1.165) is 13.0 Å². The summed E-state index contributed by atoms with van der Waals surface area (Å²) in [7, 11) is 0. The average molecular weight is 267 g/mol. The van der Waals surface area contributed by atoms with Crippen LogP contribution in [0.2, 0.25) is 0 Å². The molecule has 1 atom stereocenters. The van der Waals surface area contributed by atoms with Gasteiger partial charge in [-0.1, -0.05) is 48.5 Å². The van der Waals surface area contributed by atoms with Gasteiger partial charge in [0.15, 0.2) is 0 Å². The van der Waals surface area contributed by atoms with E-state index in [9.17, 15) is 4.79 Å². The Labute approximate surface area is 118 Å². The van der Waals surface area contributed by atoms with E-state index in [1.165, 1.54) is 16.8 Å². The summed E-state index contributed by atoms with van der Waals surface area (Å²) < 4.78 is 0. The molecular formula is C17H17NO2. The molecule has 0 aliphatic carbocycles. The number of para-hydroxylation sites is 1. The first kappa shape index (κ1) is 12.7. The lowest BCUT2D eigenvalue weighted by atomic mass is 10.1. The molecule has 1 aliphatic rings. The van der Waals surface area contributed by atoms with E-state index in [4.69, 9.17) is 5.11 Å². The summed E-state index contributed by atoms with van der Waals surface area (Å²) in [5.74, 6) is -0.735. The van der Waals surface area contributed by atoms with Crippen LogP contribution >= 0.6 is 0 Å². The highest BCUT2D eigenvalue weighted by Crippen LogP contribution is 2.34. The first-order valence-corrected chi connectivity index (χ1v) is 6.84. The fourth-order valence-corrected chi connectivity index (χ4v) is 2.90. The molecule has 1 N–H and O–H groups in total. The van der Waals surface area contributed by atoms with Gasteiger partial charge in [-0.3, -0.25) is 4.79 Å². The Kier molecular flexibility index (Phi) is 3.42. The summed E-state index contributed by atoms with van der Waals surface area (Å²) in [4.78, 5) is 13.3. The van der Waals surface area contributed by atoms with E-state index in [2.05, 4.69) is 29.2 Å². The Hall–Kier alpha value is -2.29. The van der Waals surface area contributed by atoms with Crippen molar-refractivity contribution in [3.8, 4) is 0 Å². The van der Waals surface area contributed by atoms with E-state index in [0.29, 0.717) is 0 Å². The Morgan fingerprint density at radius 2 is 1.80 bits per heavy atom. The Balaban J connectivity index is 1.89. The van der Waals surface area contributed by atoms with Crippen LogP contribution in [0.5, 0.6) is 0 Å². The molecule has 0 aromatic heterocycles. The van der Waals surface area contributed by atoms with E-state index in [1.54, 1.807) is 0 Å². The predicted octanol–water partition coefficient (Wildman–Crippen LogP) is 3.09. The minimum atomic E-state index is -0.735. The molecule has 3 rings (SSSR count). The topological polar surface area (TPSA) is 40.5 Å². The molecule has 0 amide bonds. The lowest BCUT2D eigenvalue weighted by Gasteiger charge is -2.26. The number of carbonyl (C=O) groups is 1. The molecule has 3 heteroatoms. The number of fused-ring (bicyclic) bond motifs is 1. The van der Waals surface area contributed by atoms with Gasteiger partial charge in [0.2, 0.25) is 0 Å². The Morgan fingerprint density at radius 3 is 2.55 bits per heavy atom. The maximum Gasteiger partial charge on any atom is 0.305 e. The largest absolute Gasteiger partial charge is 0.481 e. The first-order chi connectivity index (χ1) is 9.74. The van der Waals surface area contributed by atoms with E-state index >= 15 is 0 Å². The van der Waals surface area contributed by atoms with Crippen molar-refractivity contribution >= 4 is 11.7 Å². The lowest BCUT2D eigenvalue weighted by Crippen LogP contribution is -2.33. The minimum Gasteiger partial charge on any atom is -0.481 e. The first-order valence-electron chi connectivity index (χ1n) is 6.84. The van der Waals surface area contributed by atoms with Gasteiger partial charge in [0.1, 0.15) is 0 Å². The molecule has 0 radical (unpaired) electrons. The van der Waals surface area contributed by atoms with E-state index < -0.39 is 5.97 Å². The third kappa shape index (κ3) is 2.52. The quantitative estimate of drug-likeness (QED) is 0.925. The summed E-state index contributed by atoms with van der Waals surface area (Å²) in [5, 5.41) is 9.11. The molecule has 1 aliphatic heterocycles. The predicted molar refractivity (Wildman–Crippen MR) is 78.8 cm³/mol. The molecule has 20 heavy (non-hydrogen) atoms. The second-order valence-electron chi connectivity index (χ2n) is 5.20. The number of hydrogen-bond acceptors (Lipinski definition) is 2. The van der Waals surface area contributed by atoms with Crippen LogP contribution in [0, 0.1) is 0 Å². The molecular weight excluding hydrogens is 250 g/mol. The average Bonchev–Trinajstić information content (AvgIpc) is 2.77.